The average Bonchev–Trinajstić information content (AvgIpc) is 2.63. The first-order valence-electron chi connectivity index (χ1n) is 5.85. The van der Waals surface area contributed by atoms with E-state index in [4.69, 9.17) is 0 Å². The van der Waals surface area contributed by atoms with Gasteiger partial charge in [-0.05, 0) is 13.8 Å². The second kappa shape index (κ2) is 5.14. The Bertz CT molecular complexity index is 394. The first kappa shape index (κ1) is 13.8. The van der Waals surface area contributed by atoms with Gasteiger partial charge in [0.25, 0.3) is 0 Å². The molecule has 1 aromatic heterocycles. The summed E-state index contributed by atoms with van der Waals surface area (Å²) < 4.78 is 37.3. The van der Waals surface area contributed by atoms with Crippen LogP contribution in [0.5, 0.6) is 0 Å². The van der Waals surface area contributed by atoms with Gasteiger partial charge in [-0.2, -0.15) is 13.2 Å². The van der Waals surface area contributed by atoms with Crippen molar-refractivity contribution in [3.63, 3.8) is 0 Å². The van der Waals surface area contributed by atoms with Crippen molar-refractivity contribution in [2.24, 2.45) is 0 Å². The molecule has 1 saturated heterocycles. The molecule has 2 unspecified atom stereocenters. The molecule has 2 rings (SSSR count). The van der Waals surface area contributed by atoms with E-state index in [0.29, 0.717) is 23.5 Å². The molecule has 0 spiro atoms. The van der Waals surface area contributed by atoms with Gasteiger partial charge in [0.2, 0.25) is 0 Å². The number of hydrogen-bond donors (Lipinski definition) is 1. The molecule has 2 heterocycles. The molecule has 1 fully saturated rings. The SMILES string of the molecule is CC1CN(Cc2cnc(C(F)(F)F)s2)CC(C)N1. The topological polar surface area (TPSA) is 28.2 Å². The van der Waals surface area contributed by atoms with E-state index in [1.54, 1.807) is 0 Å². The van der Waals surface area contributed by atoms with Gasteiger partial charge in [-0.3, -0.25) is 4.90 Å². The van der Waals surface area contributed by atoms with Gasteiger partial charge in [-0.25, -0.2) is 4.98 Å². The van der Waals surface area contributed by atoms with E-state index in [2.05, 4.69) is 29.0 Å². The number of piperazine rings is 1. The summed E-state index contributed by atoms with van der Waals surface area (Å²) in [6.45, 7) is 6.41. The lowest BCUT2D eigenvalue weighted by atomic mass is 10.1. The lowest BCUT2D eigenvalue weighted by Gasteiger charge is -2.35. The summed E-state index contributed by atoms with van der Waals surface area (Å²) in [6.07, 6.45) is -2.99. The molecule has 1 aliphatic rings. The van der Waals surface area contributed by atoms with Crippen LogP contribution in [0.4, 0.5) is 13.2 Å². The van der Waals surface area contributed by atoms with Crippen LogP contribution in [-0.2, 0) is 12.7 Å². The largest absolute Gasteiger partial charge is 0.443 e. The summed E-state index contributed by atoms with van der Waals surface area (Å²) in [5.41, 5.74) is 0. The predicted octanol–water partition coefficient (Wildman–Crippen LogP) is 2.34. The summed E-state index contributed by atoms with van der Waals surface area (Å²) in [4.78, 5) is 6.28. The van der Waals surface area contributed by atoms with Crippen molar-refractivity contribution in [1.82, 2.24) is 15.2 Å². The molecule has 7 heteroatoms. The van der Waals surface area contributed by atoms with Gasteiger partial charge in [0, 0.05) is 42.8 Å². The Balaban J connectivity index is 1.99. The Hall–Kier alpha value is -0.660. The van der Waals surface area contributed by atoms with Crippen molar-refractivity contribution >= 4 is 11.3 Å². The van der Waals surface area contributed by atoms with Gasteiger partial charge >= 0.3 is 6.18 Å². The molecule has 18 heavy (non-hydrogen) atoms. The fourth-order valence-electron chi connectivity index (χ4n) is 2.30. The summed E-state index contributed by atoms with van der Waals surface area (Å²) in [6, 6.07) is 0.729. The van der Waals surface area contributed by atoms with Gasteiger partial charge in [-0.15, -0.1) is 11.3 Å². The van der Waals surface area contributed by atoms with Crippen LogP contribution >= 0.6 is 11.3 Å². The molecule has 0 aliphatic carbocycles. The first-order chi connectivity index (χ1) is 8.34. The van der Waals surface area contributed by atoms with Gasteiger partial charge in [0.1, 0.15) is 0 Å². The highest BCUT2D eigenvalue weighted by molar-refractivity contribution is 7.11. The third kappa shape index (κ3) is 3.43. The van der Waals surface area contributed by atoms with E-state index in [9.17, 15) is 13.2 Å². The van der Waals surface area contributed by atoms with Crippen molar-refractivity contribution in [2.75, 3.05) is 13.1 Å². The number of nitrogens with zero attached hydrogens (tertiary/aromatic N) is 2. The van der Waals surface area contributed by atoms with Crippen LogP contribution in [0.1, 0.15) is 23.7 Å². The number of nitrogens with one attached hydrogen (secondary N) is 1. The summed E-state index contributed by atoms with van der Waals surface area (Å²) in [5, 5.41) is 2.63. The molecule has 102 valence electrons. The highest BCUT2D eigenvalue weighted by Gasteiger charge is 2.34. The maximum Gasteiger partial charge on any atom is 0.443 e. The summed E-state index contributed by atoms with van der Waals surface area (Å²) in [7, 11) is 0. The zero-order valence-corrected chi connectivity index (χ0v) is 11.1. The molecule has 2 atom stereocenters. The highest BCUT2D eigenvalue weighted by atomic mass is 32.1. The number of thiazole rings is 1. The molecule has 0 amide bonds. The molecule has 0 bridgehead atoms. The van der Waals surface area contributed by atoms with E-state index in [1.807, 2.05) is 0 Å². The van der Waals surface area contributed by atoms with Crippen molar-refractivity contribution in [3.05, 3.63) is 16.1 Å². The monoisotopic (exact) mass is 279 g/mol. The lowest BCUT2D eigenvalue weighted by molar-refractivity contribution is -0.137. The van der Waals surface area contributed by atoms with Gasteiger partial charge in [0.05, 0.1) is 0 Å². The number of hydrogen-bond acceptors (Lipinski definition) is 4. The van der Waals surface area contributed by atoms with Crippen LogP contribution < -0.4 is 5.32 Å². The molecule has 1 aliphatic heterocycles. The Morgan fingerprint density at radius 2 is 2.00 bits per heavy atom. The van der Waals surface area contributed by atoms with E-state index in [-0.39, 0.29) is 0 Å². The fraction of sp³-hybridized carbons (Fsp3) is 0.727. The maximum atomic E-state index is 12.4. The standard InChI is InChI=1S/C11H16F3N3S/c1-7-4-17(5-8(2)16-7)6-9-3-15-10(18-9)11(12,13)14/h3,7-8,16H,4-6H2,1-2H3. The molecular formula is C11H16F3N3S. The number of halogens is 3. The quantitative estimate of drug-likeness (QED) is 0.900. The lowest BCUT2D eigenvalue weighted by Crippen LogP contribution is -2.53. The van der Waals surface area contributed by atoms with Crippen LogP contribution in [-0.4, -0.2) is 35.1 Å². The van der Waals surface area contributed by atoms with Gasteiger partial charge in [-0.1, -0.05) is 0 Å². The van der Waals surface area contributed by atoms with E-state index in [0.717, 1.165) is 24.4 Å². The third-order valence-corrected chi connectivity index (χ3v) is 3.84. The minimum Gasteiger partial charge on any atom is -0.309 e. The van der Waals surface area contributed by atoms with Crippen LogP contribution in [0.2, 0.25) is 0 Å². The number of alkyl halides is 3. The first-order valence-corrected chi connectivity index (χ1v) is 6.66. The van der Waals surface area contributed by atoms with E-state index in [1.165, 1.54) is 6.20 Å². The maximum absolute atomic E-state index is 12.4. The van der Waals surface area contributed by atoms with Crippen molar-refractivity contribution in [2.45, 2.75) is 38.7 Å². The van der Waals surface area contributed by atoms with Crippen LogP contribution in [0.25, 0.3) is 0 Å². The van der Waals surface area contributed by atoms with E-state index < -0.39 is 11.2 Å². The third-order valence-electron chi connectivity index (χ3n) is 2.81. The molecule has 1 N–H and O–H groups in total. The van der Waals surface area contributed by atoms with Crippen LogP contribution in [0.15, 0.2) is 6.20 Å². The van der Waals surface area contributed by atoms with Crippen molar-refractivity contribution in [3.8, 4) is 0 Å². The minimum atomic E-state index is -4.33. The molecule has 0 radical (unpaired) electrons. The van der Waals surface area contributed by atoms with Crippen molar-refractivity contribution < 1.29 is 13.2 Å². The summed E-state index contributed by atoms with van der Waals surface area (Å²) in [5.74, 6) is 0. The zero-order valence-electron chi connectivity index (χ0n) is 10.3. The number of rotatable bonds is 2. The highest BCUT2D eigenvalue weighted by Crippen LogP contribution is 2.32. The average molecular weight is 279 g/mol. The van der Waals surface area contributed by atoms with Gasteiger partial charge in [0.15, 0.2) is 5.01 Å². The normalized spacial score (nSPS) is 26.5. The zero-order chi connectivity index (χ0) is 13.3. The van der Waals surface area contributed by atoms with Crippen molar-refractivity contribution in [1.29, 1.82) is 0 Å². The molecule has 1 aromatic rings. The molecule has 0 saturated carbocycles. The predicted molar refractivity (Wildman–Crippen MR) is 64.5 cm³/mol. The minimum absolute atomic E-state index is 0.365. The fourth-order valence-corrected chi connectivity index (χ4v) is 3.12. The molecular weight excluding hydrogens is 263 g/mol. The Labute approximate surface area is 108 Å². The second-order valence-electron chi connectivity index (χ2n) is 4.79. The van der Waals surface area contributed by atoms with Crippen LogP contribution in [0, 0.1) is 0 Å². The van der Waals surface area contributed by atoms with Crippen LogP contribution in [0.3, 0.4) is 0 Å². The Morgan fingerprint density at radius 1 is 1.39 bits per heavy atom. The van der Waals surface area contributed by atoms with E-state index >= 15 is 0 Å². The molecule has 0 aromatic carbocycles. The summed E-state index contributed by atoms with van der Waals surface area (Å²) >= 11 is 0.738. The Kier molecular flexibility index (Phi) is 3.93. The van der Waals surface area contributed by atoms with Gasteiger partial charge < -0.3 is 5.32 Å². The number of aromatic nitrogens is 1. The Morgan fingerprint density at radius 3 is 2.50 bits per heavy atom. The second-order valence-corrected chi connectivity index (χ2v) is 5.91. The molecule has 3 nitrogen and oxygen atoms in total. The smallest absolute Gasteiger partial charge is 0.309 e.